The average molecular weight is 391 g/mol. The van der Waals surface area contributed by atoms with Crippen LogP contribution in [0.2, 0.25) is 10.0 Å². The van der Waals surface area contributed by atoms with Crippen LogP contribution in [0, 0.1) is 5.92 Å². The number of halogens is 2. The van der Waals surface area contributed by atoms with Crippen LogP contribution in [-0.2, 0) is 16.0 Å². The minimum absolute atomic E-state index is 0.0907. The number of nitrogens with one attached hydrogen (secondary N) is 1. The molecule has 2 amide bonds. The van der Waals surface area contributed by atoms with Gasteiger partial charge in [0.25, 0.3) is 0 Å². The molecule has 136 valence electrons. The van der Waals surface area contributed by atoms with E-state index in [1.165, 1.54) is 5.56 Å². The van der Waals surface area contributed by atoms with Crippen molar-refractivity contribution in [2.75, 3.05) is 18.0 Å². The van der Waals surface area contributed by atoms with E-state index in [9.17, 15) is 9.59 Å². The number of rotatable bonds is 6. The van der Waals surface area contributed by atoms with Crippen molar-refractivity contribution in [2.45, 2.75) is 19.3 Å². The number of aryl methyl sites for hydroxylation is 1. The van der Waals surface area contributed by atoms with Gasteiger partial charge in [0.1, 0.15) is 0 Å². The van der Waals surface area contributed by atoms with Crippen LogP contribution < -0.4 is 10.2 Å². The van der Waals surface area contributed by atoms with Gasteiger partial charge in [-0.15, -0.1) is 0 Å². The van der Waals surface area contributed by atoms with Crippen molar-refractivity contribution in [2.24, 2.45) is 5.92 Å². The Hall–Kier alpha value is -2.04. The van der Waals surface area contributed by atoms with E-state index in [0.717, 1.165) is 12.8 Å². The van der Waals surface area contributed by atoms with Crippen LogP contribution in [0.15, 0.2) is 48.5 Å². The second-order valence-corrected chi connectivity index (χ2v) is 7.22. The van der Waals surface area contributed by atoms with Crippen LogP contribution in [0.3, 0.4) is 0 Å². The molecular weight excluding hydrogens is 371 g/mol. The zero-order valence-corrected chi connectivity index (χ0v) is 15.8. The van der Waals surface area contributed by atoms with Crippen molar-refractivity contribution >= 4 is 40.7 Å². The molecule has 0 radical (unpaired) electrons. The maximum absolute atomic E-state index is 12.4. The van der Waals surface area contributed by atoms with Crippen molar-refractivity contribution in [3.63, 3.8) is 0 Å². The van der Waals surface area contributed by atoms with Crippen LogP contribution in [0.25, 0.3) is 0 Å². The van der Waals surface area contributed by atoms with Gasteiger partial charge >= 0.3 is 0 Å². The van der Waals surface area contributed by atoms with E-state index in [0.29, 0.717) is 28.8 Å². The zero-order chi connectivity index (χ0) is 18.5. The third-order valence-corrected chi connectivity index (χ3v) is 5.03. The molecule has 1 fully saturated rings. The summed E-state index contributed by atoms with van der Waals surface area (Å²) >= 11 is 12.2. The maximum atomic E-state index is 12.4. The molecule has 0 saturated carbocycles. The first kappa shape index (κ1) is 18.7. The predicted molar refractivity (Wildman–Crippen MR) is 105 cm³/mol. The lowest BCUT2D eigenvalue weighted by molar-refractivity contribution is -0.126. The van der Waals surface area contributed by atoms with Crippen molar-refractivity contribution in [3.8, 4) is 0 Å². The fraction of sp³-hybridized carbons (Fsp3) is 0.300. The lowest BCUT2D eigenvalue weighted by atomic mass is 10.1. The second-order valence-electron chi connectivity index (χ2n) is 6.38. The summed E-state index contributed by atoms with van der Waals surface area (Å²) in [5.74, 6) is -0.570. The van der Waals surface area contributed by atoms with Crippen LogP contribution in [0.1, 0.15) is 18.4 Å². The topological polar surface area (TPSA) is 49.4 Å². The summed E-state index contributed by atoms with van der Waals surface area (Å²) in [6, 6.07) is 15.1. The molecular formula is C20H20Cl2N2O2. The van der Waals surface area contributed by atoms with Gasteiger partial charge in [-0.25, -0.2) is 0 Å². The summed E-state index contributed by atoms with van der Waals surface area (Å²) in [4.78, 5) is 26.2. The van der Waals surface area contributed by atoms with Crippen LogP contribution >= 0.6 is 23.2 Å². The van der Waals surface area contributed by atoms with Gasteiger partial charge in [0.15, 0.2) is 0 Å². The maximum Gasteiger partial charge on any atom is 0.227 e. The van der Waals surface area contributed by atoms with Crippen LogP contribution in [0.4, 0.5) is 5.69 Å². The Balaban J connectivity index is 1.51. The van der Waals surface area contributed by atoms with Gasteiger partial charge in [-0.05, 0) is 36.6 Å². The summed E-state index contributed by atoms with van der Waals surface area (Å²) in [6.07, 6.45) is 1.96. The van der Waals surface area contributed by atoms with E-state index < -0.39 is 0 Å². The minimum Gasteiger partial charge on any atom is -0.356 e. The lowest BCUT2D eigenvalue weighted by Gasteiger charge is -2.18. The van der Waals surface area contributed by atoms with Gasteiger partial charge in [-0.1, -0.05) is 53.5 Å². The Bertz CT molecular complexity index is 796. The lowest BCUT2D eigenvalue weighted by Crippen LogP contribution is -2.33. The number of amides is 2. The Morgan fingerprint density at radius 3 is 2.69 bits per heavy atom. The SMILES string of the molecule is O=C(NCCCc1ccccc1)C1CC(=O)N(c2cc(Cl)ccc2Cl)C1. The molecule has 0 bridgehead atoms. The molecule has 26 heavy (non-hydrogen) atoms. The quantitative estimate of drug-likeness (QED) is 0.754. The van der Waals surface area contributed by atoms with Crippen molar-refractivity contribution in [1.82, 2.24) is 5.32 Å². The normalized spacial score (nSPS) is 16.8. The Morgan fingerprint density at radius 2 is 1.92 bits per heavy atom. The van der Waals surface area contributed by atoms with Gasteiger partial charge in [0.2, 0.25) is 11.8 Å². The largest absolute Gasteiger partial charge is 0.356 e. The minimum atomic E-state index is -0.366. The zero-order valence-electron chi connectivity index (χ0n) is 14.3. The number of benzene rings is 2. The van der Waals surface area contributed by atoms with E-state index in [4.69, 9.17) is 23.2 Å². The van der Waals surface area contributed by atoms with E-state index in [1.54, 1.807) is 23.1 Å². The van der Waals surface area contributed by atoms with E-state index in [1.807, 2.05) is 18.2 Å². The van der Waals surface area contributed by atoms with E-state index in [-0.39, 0.29) is 24.2 Å². The summed E-state index contributed by atoms with van der Waals surface area (Å²) < 4.78 is 0. The van der Waals surface area contributed by atoms with Crippen LogP contribution in [0.5, 0.6) is 0 Å². The summed E-state index contributed by atoms with van der Waals surface area (Å²) in [7, 11) is 0. The third kappa shape index (κ3) is 4.57. The fourth-order valence-electron chi connectivity index (χ4n) is 3.10. The summed E-state index contributed by atoms with van der Waals surface area (Å²) in [5.41, 5.74) is 1.81. The van der Waals surface area contributed by atoms with Crippen molar-refractivity contribution in [3.05, 3.63) is 64.1 Å². The average Bonchev–Trinajstić information content (AvgIpc) is 3.03. The first-order valence-corrected chi connectivity index (χ1v) is 9.37. The standard InChI is InChI=1S/C20H20Cl2N2O2/c21-16-8-9-17(22)18(12-16)24-13-15(11-19(24)25)20(26)23-10-4-7-14-5-2-1-3-6-14/h1-3,5-6,8-9,12,15H,4,7,10-11,13H2,(H,23,26). The van der Waals surface area contributed by atoms with Gasteiger partial charge in [-0.3, -0.25) is 9.59 Å². The molecule has 3 rings (SSSR count). The summed E-state index contributed by atoms with van der Waals surface area (Å²) in [5, 5.41) is 3.89. The summed E-state index contributed by atoms with van der Waals surface area (Å²) in [6.45, 7) is 0.916. The number of hydrogen-bond donors (Lipinski definition) is 1. The first-order chi connectivity index (χ1) is 12.5. The van der Waals surface area contributed by atoms with Crippen molar-refractivity contribution < 1.29 is 9.59 Å². The highest BCUT2D eigenvalue weighted by molar-refractivity contribution is 6.35. The van der Waals surface area contributed by atoms with Gasteiger partial charge in [0.05, 0.1) is 16.6 Å². The van der Waals surface area contributed by atoms with Gasteiger partial charge < -0.3 is 10.2 Å². The van der Waals surface area contributed by atoms with Gasteiger partial charge in [-0.2, -0.15) is 0 Å². The Morgan fingerprint density at radius 1 is 1.15 bits per heavy atom. The van der Waals surface area contributed by atoms with E-state index >= 15 is 0 Å². The molecule has 1 atom stereocenters. The number of carbonyl (C=O) groups is 2. The molecule has 1 aliphatic heterocycles. The number of anilines is 1. The molecule has 0 spiro atoms. The predicted octanol–water partition coefficient (Wildman–Crippen LogP) is 4.10. The fourth-order valence-corrected chi connectivity index (χ4v) is 3.49. The smallest absolute Gasteiger partial charge is 0.227 e. The number of nitrogens with zero attached hydrogens (tertiary/aromatic N) is 1. The Kier molecular flexibility index (Phi) is 6.17. The first-order valence-electron chi connectivity index (χ1n) is 8.61. The molecule has 4 nitrogen and oxygen atoms in total. The molecule has 0 aromatic heterocycles. The van der Waals surface area contributed by atoms with E-state index in [2.05, 4.69) is 17.4 Å². The molecule has 1 aliphatic rings. The van der Waals surface area contributed by atoms with Crippen molar-refractivity contribution in [1.29, 1.82) is 0 Å². The third-order valence-electron chi connectivity index (χ3n) is 4.48. The Labute approximate surface area is 163 Å². The molecule has 1 N–H and O–H groups in total. The second kappa shape index (κ2) is 8.56. The number of carbonyl (C=O) groups excluding carboxylic acids is 2. The molecule has 2 aromatic rings. The molecule has 1 unspecified atom stereocenters. The highest BCUT2D eigenvalue weighted by Crippen LogP contribution is 2.33. The molecule has 1 saturated heterocycles. The number of hydrogen-bond acceptors (Lipinski definition) is 2. The molecule has 1 heterocycles. The highest BCUT2D eigenvalue weighted by Gasteiger charge is 2.35. The molecule has 6 heteroatoms. The molecule has 2 aromatic carbocycles. The monoisotopic (exact) mass is 390 g/mol. The molecule has 0 aliphatic carbocycles. The highest BCUT2D eigenvalue weighted by atomic mass is 35.5. The van der Waals surface area contributed by atoms with Crippen LogP contribution in [-0.4, -0.2) is 24.9 Å². The van der Waals surface area contributed by atoms with Gasteiger partial charge in [0, 0.05) is 24.5 Å².